The quantitative estimate of drug-likeness (QED) is 0.654. The molecule has 0 radical (unpaired) electrons. The second kappa shape index (κ2) is 8.49. The van der Waals surface area contributed by atoms with Crippen molar-refractivity contribution in [3.63, 3.8) is 0 Å². The van der Waals surface area contributed by atoms with Gasteiger partial charge < -0.3 is 24.8 Å². The van der Waals surface area contributed by atoms with Crippen molar-refractivity contribution in [3.8, 4) is 5.75 Å². The number of pyridine rings is 1. The molecule has 31 heavy (non-hydrogen) atoms. The summed E-state index contributed by atoms with van der Waals surface area (Å²) >= 11 is 0. The van der Waals surface area contributed by atoms with Crippen molar-refractivity contribution >= 4 is 28.3 Å². The average molecular weight is 422 g/mol. The van der Waals surface area contributed by atoms with Crippen molar-refractivity contribution < 1.29 is 9.53 Å². The van der Waals surface area contributed by atoms with Gasteiger partial charge in [0.05, 0.1) is 12.8 Å². The van der Waals surface area contributed by atoms with E-state index in [1.54, 1.807) is 7.11 Å². The van der Waals surface area contributed by atoms with Crippen LogP contribution in [0.2, 0.25) is 0 Å². The number of H-pyrrole nitrogens is 1. The number of nitrogens with zero attached hydrogens (tertiary/aromatic N) is 3. The topological polar surface area (TPSA) is 73.5 Å². The van der Waals surface area contributed by atoms with Crippen LogP contribution in [-0.4, -0.2) is 60.6 Å². The zero-order valence-electron chi connectivity index (χ0n) is 19.0. The minimum Gasteiger partial charge on any atom is -0.496 e. The van der Waals surface area contributed by atoms with Crippen LogP contribution >= 0.6 is 0 Å². The third-order valence-corrected chi connectivity index (χ3v) is 6.30. The van der Waals surface area contributed by atoms with Crippen molar-refractivity contribution in [2.45, 2.75) is 27.7 Å². The second-order valence-electron chi connectivity index (χ2n) is 8.06. The number of hydrogen-bond donors (Lipinski definition) is 2. The summed E-state index contributed by atoms with van der Waals surface area (Å²) in [7, 11) is 1.70. The Labute approximate surface area is 183 Å². The van der Waals surface area contributed by atoms with Gasteiger partial charge >= 0.3 is 0 Å². The fourth-order valence-electron chi connectivity index (χ4n) is 4.50. The normalized spacial score (nSPS) is 14.2. The lowest BCUT2D eigenvalue weighted by Crippen LogP contribution is -2.49. The van der Waals surface area contributed by atoms with E-state index in [-0.39, 0.29) is 5.91 Å². The third kappa shape index (κ3) is 3.69. The molecule has 0 saturated carbocycles. The number of fused-ring (bicyclic) bond motifs is 1. The van der Waals surface area contributed by atoms with Crippen molar-refractivity contribution in [3.05, 3.63) is 46.8 Å². The molecule has 0 atom stereocenters. The van der Waals surface area contributed by atoms with E-state index < -0.39 is 0 Å². The number of piperazine rings is 1. The van der Waals surface area contributed by atoms with Gasteiger partial charge in [-0.15, -0.1) is 0 Å². The molecule has 2 N–H and O–H groups in total. The minimum absolute atomic E-state index is 0.0409. The molecule has 1 saturated heterocycles. The van der Waals surface area contributed by atoms with Crippen molar-refractivity contribution in [1.82, 2.24) is 14.9 Å². The van der Waals surface area contributed by atoms with Gasteiger partial charge in [0, 0.05) is 55.4 Å². The molecule has 1 amide bonds. The first-order valence-electron chi connectivity index (χ1n) is 10.9. The van der Waals surface area contributed by atoms with E-state index in [0.717, 1.165) is 64.5 Å². The number of aromatic amines is 1. The summed E-state index contributed by atoms with van der Waals surface area (Å²) in [6.45, 7) is 11.9. The Bertz CT molecular complexity index is 1110. The lowest BCUT2D eigenvalue weighted by atomic mass is 10.0. The molecule has 0 unspecified atom stereocenters. The molecule has 0 spiro atoms. The average Bonchev–Trinajstić information content (AvgIpc) is 3.24. The van der Waals surface area contributed by atoms with Gasteiger partial charge in [0.15, 0.2) is 5.82 Å². The first-order valence-corrected chi connectivity index (χ1v) is 10.9. The molecule has 7 heteroatoms. The van der Waals surface area contributed by atoms with E-state index in [9.17, 15) is 4.79 Å². The number of ether oxygens (including phenoxy) is 1. The van der Waals surface area contributed by atoms with Crippen LogP contribution in [0.3, 0.4) is 0 Å². The molecule has 1 aliphatic heterocycles. The Kier molecular flexibility index (Phi) is 5.76. The number of carbonyl (C=O) groups excluding carboxylic acids is 1. The van der Waals surface area contributed by atoms with Crippen molar-refractivity contribution in [2.75, 3.05) is 50.1 Å². The molecule has 3 aromatic rings. The number of methoxy groups -OCH3 is 1. The lowest BCUT2D eigenvalue weighted by molar-refractivity contribution is 0.0741. The van der Waals surface area contributed by atoms with Crippen LogP contribution in [0.5, 0.6) is 5.75 Å². The molecule has 7 nitrogen and oxygen atoms in total. The Morgan fingerprint density at radius 2 is 1.90 bits per heavy atom. The molecule has 164 valence electrons. The maximum absolute atomic E-state index is 13.3. The number of aryl methyl sites for hydroxylation is 2. The van der Waals surface area contributed by atoms with Gasteiger partial charge in [-0.2, -0.15) is 0 Å². The Morgan fingerprint density at radius 3 is 2.58 bits per heavy atom. The largest absolute Gasteiger partial charge is 0.496 e. The number of benzene rings is 1. The van der Waals surface area contributed by atoms with Gasteiger partial charge in [-0.3, -0.25) is 4.79 Å². The number of rotatable bonds is 5. The van der Waals surface area contributed by atoms with Gasteiger partial charge in [0.2, 0.25) is 0 Å². The Morgan fingerprint density at radius 1 is 1.16 bits per heavy atom. The van der Waals surface area contributed by atoms with Crippen LogP contribution in [0.15, 0.2) is 24.4 Å². The molecular weight excluding hydrogens is 390 g/mol. The highest BCUT2D eigenvalue weighted by Gasteiger charge is 2.26. The van der Waals surface area contributed by atoms with E-state index in [1.807, 2.05) is 30.2 Å². The zero-order chi connectivity index (χ0) is 22.1. The van der Waals surface area contributed by atoms with Crippen LogP contribution < -0.4 is 15.0 Å². The summed E-state index contributed by atoms with van der Waals surface area (Å²) in [5, 5.41) is 4.42. The van der Waals surface area contributed by atoms with Gasteiger partial charge in [-0.05, 0) is 57.0 Å². The smallest absolute Gasteiger partial charge is 0.270 e. The van der Waals surface area contributed by atoms with Gasteiger partial charge in [0.1, 0.15) is 11.4 Å². The summed E-state index contributed by atoms with van der Waals surface area (Å²) in [5.41, 5.74) is 5.97. The number of aromatic nitrogens is 2. The maximum Gasteiger partial charge on any atom is 0.270 e. The predicted octanol–water partition coefficient (Wildman–Crippen LogP) is 3.89. The fourth-order valence-corrected chi connectivity index (χ4v) is 4.50. The summed E-state index contributed by atoms with van der Waals surface area (Å²) in [6.07, 6.45) is 1.82. The third-order valence-electron chi connectivity index (χ3n) is 6.30. The van der Waals surface area contributed by atoms with E-state index in [2.05, 4.69) is 47.0 Å². The van der Waals surface area contributed by atoms with Crippen LogP contribution in [-0.2, 0) is 0 Å². The number of carbonyl (C=O) groups is 1. The van der Waals surface area contributed by atoms with E-state index >= 15 is 0 Å². The number of anilines is 2. The summed E-state index contributed by atoms with van der Waals surface area (Å²) in [5.74, 6) is 1.89. The Hall–Kier alpha value is -3.22. The highest BCUT2D eigenvalue weighted by molar-refractivity contribution is 6.00. The monoisotopic (exact) mass is 421 g/mol. The van der Waals surface area contributed by atoms with Crippen molar-refractivity contribution in [1.29, 1.82) is 0 Å². The van der Waals surface area contributed by atoms with Crippen LogP contribution in [0.1, 0.15) is 34.1 Å². The molecule has 1 aliphatic rings. The van der Waals surface area contributed by atoms with E-state index in [0.29, 0.717) is 18.8 Å². The number of hydrogen-bond acceptors (Lipinski definition) is 5. The lowest BCUT2D eigenvalue weighted by Gasteiger charge is -2.36. The SMILES string of the molecule is CCNc1cccnc1N1CCN(C(=O)c2cc3c(C)c(OC)c(C)c(C)c3[nH]2)CC1. The second-order valence-corrected chi connectivity index (χ2v) is 8.06. The molecule has 1 aromatic carbocycles. The van der Waals surface area contributed by atoms with Gasteiger partial charge in [-0.25, -0.2) is 4.98 Å². The number of amides is 1. The molecule has 3 heterocycles. The molecule has 2 aromatic heterocycles. The highest BCUT2D eigenvalue weighted by Crippen LogP contribution is 2.35. The summed E-state index contributed by atoms with van der Waals surface area (Å²) in [6, 6.07) is 5.96. The summed E-state index contributed by atoms with van der Waals surface area (Å²) in [4.78, 5) is 25.4. The van der Waals surface area contributed by atoms with Gasteiger partial charge in [-0.1, -0.05) is 0 Å². The van der Waals surface area contributed by atoms with Crippen LogP contribution in [0.4, 0.5) is 11.5 Å². The molecule has 4 rings (SSSR count). The molecular formula is C24H31N5O2. The first kappa shape index (κ1) is 21.0. The standard InChI is InChI=1S/C24H31N5O2/c1-6-25-19-8-7-9-26-23(19)28-10-12-29(13-11-28)24(30)20-14-18-17(4)22(31-5)16(3)15(2)21(18)27-20/h7-9,14,25,27H,6,10-13H2,1-5H3. The Balaban J connectivity index is 1.54. The molecule has 1 fully saturated rings. The maximum atomic E-state index is 13.3. The summed E-state index contributed by atoms with van der Waals surface area (Å²) < 4.78 is 5.61. The van der Waals surface area contributed by atoms with E-state index in [1.165, 1.54) is 0 Å². The molecule has 0 aliphatic carbocycles. The van der Waals surface area contributed by atoms with Crippen LogP contribution in [0, 0.1) is 20.8 Å². The van der Waals surface area contributed by atoms with Gasteiger partial charge in [0.25, 0.3) is 5.91 Å². The van der Waals surface area contributed by atoms with Crippen molar-refractivity contribution in [2.24, 2.45) is 0 Å². The minimum atomic E-state index is 0.0409. The number of nitrogens with one attached hydrogen (secondary N) is 2. The molecule has 0 bridgehead atoms. The zero-order valence-corrected chi connectivity index (χ0v) is 19.0. The van der Waals surface area contributed by atoms with Crippen LogP contribution in [0.25, 0.3) is 10.9 Å². The van der Waals surface area contributed by atoms with E-state index in [4.69, 9.17) is 4.74 Å². The predicted molar refractivity (Wildman–Crippen MR) is 126 cm³/mol. The highest BCUT2D eigenvalue weighted by atomic mass is 16.5. The fraction of sp³-hybridized carbons (Fsp3) is 0.417. The first-order chi connectivity index (χ1) is 15.0.